The second-order valence-corrected chi connectivity index (χ2v) is 19.3. The summed E-state index contributed by atoms with van der Waals surface area (Å²) in [7, 11) is 0. The maximum atomic E-state index is 13.1. The van der Waals surface area contributed by atoms with E-state index < -0.39 is 74.2 Å². The predicted octanol–water partition coefficient (Wildman–Crippen LogP) is 10.4. The van der Waals surface area contributed by atoms with Gasteiger partial charge in [0.25, 0.3) is 0 Å². The molecule has 1 heterocycles. The second kappa shape index (κ2) is 43.2. The van der Waals surface area contributed by atoms with E-state index in [1.54, 1.807) is 0 Å². The molecule has 11 nitrogen and oxygen atoms in total. The molecular formula is C53H103NO10. The van der Waals surface area contributed by atoms with E-state index in [2.05, 4.69) is 31.3 Å². The van der Waals surface area contributed by atoms with Crippen LogP contribution < -0.4 is 5.32 Å². The third-order valence-electron chi connectivity index (χ3n) is 13.3. The van der Waals surface area contributed by atoms with Crippen molar-refractivity contribution in [2.45, 2.75) is 306 Å². The lowest BCUT2D eigenvalue weighted by molar-refractivity contribution is -0.303. The number of unbranched alkanes of at least 4 members (excludes halogenated alkanes) is 32. The number of amides is 1. The molecule has 1 rings (SSSR count). The minimum Gasteiger partial charge on any atom is -0.394 e. The molecule has 8 N–H and O–H groups in total. The molecule has 11 heteroatoms. The van der Waals surface area contributed by atoms with Crippen LogP contribution in [0.2, 0.25) is 0 Å². The van der Waals surface area contributed by atoms with Gasteiger partial charge in [0.1, 0.15) is 36.6 Å². The van der Waals surface area contributed by atoms with Gasteiger partial charge in [0.2, 0.25) is 5.91 Å². The number of carbonyl (C=O) groups is 1. The molecular weight excluding hydrogens is 811 g/mol. The Kier molecular flexibility index (Phi) is 41.0. The molecule has 1 amide bonds. The highest BCUT2D eigenvalue weighted by atomic mass is 16.7. The number of aliphatic hydroxyl groups is 7. The summed E-state index contributed by atoms with van der Waals surface area (Å²) in [6.07, 6.45) is 36.9. The highest BCUT2D eigenvalue weighted by Gasteiger charge is 2.44. The lowest BCUT2D eigenvalue weighted by Crippen LogP contribution is -2.60. The quantitative estimate of drug-likeness (QED) is 0.0216. The van der Waals surface area contributed by atoms with Crippen LogP contribution >= 0.6 is 0 Å². The van der Waals surface area contributed by atoms with E-state index in [0.717, 1.165) is 38.5 Å². The lowest BCUT2D eigenvalue weighted by Gasteiger charge is -2.40. The van der Waals surface area contributed by atoms with Gasteiger partial charge >= 0.3 is 0 Å². The van der Waals surface area contributed by atoms with Crippen molar-refractivity contribution in [1.82, 2.24) is 5.32 Å². The summed E-state index contributed by atoms with van der Waals surface area (Å²) >= 11 is 0. The van der Waals surface area contributed by atoms with Crippen molar-refractivity contribution in [3.8, 4) is 0 Å². The minimum atomic E-state index is -1.66. The molecule has 1 saturated heterocycles. The first-order valence-electron chi connectivity index (χ1n) is 27.1. The van der Waals surface area contributed by atoms with Gasteiger partial charge in [-0.15, -0.1) is 0 Å². The van der Waals surface area contributed by atoms with Crippen LogP contribution in [0.5, 0.6) is 0 Å². The van der Waals surface area contributed by atoms with Crippen molar-refractivity contribution in [1.29, 1.82) is 0 Å². The maximum Gasteiger partial charge on any atom is 0.249 e. The van der Waals surface area contributed by atoms with E-state index in [4.69, 9.17) is 9.47 Å². The van der Waals surface area contributed by atoms with Crippen LogP contribution in [0.1, 0.15) is 251 Å². The number of allylic oxidation sites excluding steroid dienone is 2. The molecule has 0 aliphatic carbocycles. The van der Waals surface area contributed by atoms with Crippen LogP contribution in [0.4, 0.5) is 0 Å². The summed E-state index contributed by atoms with van der Waals surface area (Å²) in [5, 5.41) is 75.9. The van der Waals surface area contributed by atoms with Crippen LogP contribution in [0.15, 0.2) is 12.2 Å². The normalized spacial score (nSPS) is 21.0. The van der Waals surface area contributed by atoms with E-state index in [1.165, 1.54) is 173 Å². The molecule has 1 aliphatic heterocycles. The number of aliphatic hydroxyl groups excluding tert-OH is 7. The van der Waals surface area contributed by atoms with Crippen molar-refractivity contribution in [2.24, 2.45) is 0 Å². The van der Waals surface area contributed by atoms with E-state index in [9.17, 15) is 40.5 Å². The number of carbonyl (C=O) groups excluding carboxylic acids is 1. The molecule has 0 saturated carbocycles. The van der Waals surface area contributed by atoms with Crippen molar-refractivity contribution in [3.63, 3.8) is 0 Å². The molecule has 1 aliphatic rings. The maximum absolute atomic E-state index is 13.1. The first-order chi connectivity index (χ1) is 31.2. The summed E-state index contributed by atoms with van der Waals surface area (Å²) < 4.78 is 11.1. The van der Waals surface area contributed by atoms with Crippen molar-refractivity contribution >= 4 is 5.91 Å². The molecule has 0 aromatic rings. The number of rotatable bonds is 46. The first-order valence-corrected chi connectivity index (χ1v) is 27.1. The molecule has 380 valence electrons. The summed E-state index contributed by atoms with van der Waals surface area (Å²) in [6.45, 7) is 3.46. The van der Waals surface area contributed by atoms with Crippen molar-refractivity contribution in [3.05, 3.63) is 12.2 Å². The van der Waals surface area contributed by atoms with Gasteiger partial charge in [0, 0.05) is 0 Å². The molecule has 1 fully saturated rings. The standard InChI is InChI=1S/C53H103NO10/c1-3-5-7-9-11-13-15-17-19-20-21-22-23-24-25-27-29-31-33-35-37-39-41-46(57)52(62)54-44(43-63-53-51(61)50(60)49(59)47(42-55)64-53)48(58)45(56)40-38-36-34-32-30-28-26-18-16-14-12-10-8-6-4-2/h32,34,44-51,53,55-61H,3-31,33,35-43H2,1-2H3,(H,54,62)/b34-32+. The van der Waals surface area contributed by atoms with Crippen LogP contribution in [0.3, 0.4) is 0 Å². The van der Waals surface area contributed by atoms with Gasteiger partial charge in [-0.05, 0) is 38.5 Å². The van der Waals surface area contributed by atoms with E-state index in [-0.39, 0.29) is 12.8 Å². The Balaban J connectivity index is 2.34. The Morgan fingerprint density at radius 1 is 0.531 bits per heavy atom. The third kappa shape index (κ3) is 31.8. The zero-order chi connectivity index (χ0) is 46.9. The molecule has 0 aromatic carbocycles. The Labute approximate surface area is 392 Å². The zero-order valence-corrected chi connectivity index (χ0v) is 41.3. The summed E-state index contributed by atoms with van der Waals surface area (Å²) in [5.41, 5.74) is 0. The molecule has 64 heavy (non-hydrogen) atoms. The summed E-state index contributed by atoms with van der Waals surface area (Å²) in [6, 6.07) is -1.18. The highest BCUT2D eigenvalue weighted by Crippen LogP contribution is 2.23. The number of hydrogen-bond acceptors (Lipinski definition) is 10. The van der Waals surface area contributed by atoms with Gasteiger partial charge in [-0.3, -0.25) is 4.79 Å². The first kappa shape index (κ1) is 60.9. The second-order valence-electron chi connectivity index (χ2n) is 19.3. The van der Waals surface area contributed by atoms with Crippen molar-refractivity contribution < 1.29 is 50.0 Å². The average Bonchev–Trinajstić information content (AvgIpc) is 3.29. The van der Waals surface area contributed by atoms with Crippen LogP contribution in [-0.2, 0) is 14.3 Å². The van der Waals surface area contributed by atoms with E-state index in [0.29, 0.717) is 12.8 Å². The summed E-state index contributed by atoms with van der Waals surface area (Å²) in [5.74, 6) is -0.702. The van der Waals surface area contributed by atoms with Gasteiger partial charge in [-0.1, -0.05) is 225 Å². The van der Waals surface area contributed by atoms with E-state index in [1.807, 2.05) is 0 Å². The Morgan fingerprint density at radius 2 is 0.922 bits per heavy atom. The highest BCUT2D eigenvalue weighted by molar-refractivity contribution is 5.80. The fourth-order valence-electron chi connectivity index (χ4n) is 8.85. The van der Waals surface area contributed by atoms with E-state index >= 15 is 0 Å². The SMILES string of the molecule is CCCCCCCCCCCC/C=C/CCCC(O)C(O)C(COC1OC(CO)C(O)C(O)C1O)NC(=O)C(O)CCCCCCCCCCCCCCCCCCCCCCCC. The van der Waals surface area contributed by atoms with Gasteiger partial charge in [0.15, 0.2) is 6.29 Å². The van der Waals surface area contributed by atoms with Gasteiger partial charge in [-0.25, -0.2) is 0 Å². The fourth-order valence-corrected chi connectivity index (χ4v) is 8.85. The zero-order valence-electron chi connectivity index (χ0n) is 41.3. The largest absolute Gasteiger partial charge is 0.394 e. The number of nitrogens with one attached hydrogen (secondary N) is 1. The van der Waals surface area contributed by atoms with Crippen molar-refractivity contribution in [2.75, 3.05) is 13.2 Å². The minimum absolute atomic E-state index is 0.259. The van der Waals surface area contributed by atoms with Crippen LogP contribution in [-0.4, -0.2) is 110 Å². The fraction of sp³-hybridized carbons (Fsp3) is 0.943. The molecule has 9 unspecified atom stereocenters. The molecule has 0 radical (unpaired) electrons. The predicted molar refractivity (Wildman–Crippen MR) is 261 cm³/mol. The Morgan fingerprint density at radius 3 is 1.34 bits per heavy atom. The monoisotopic (exact) mass is 914 g/mol. The topological polar surface area (TPSA) is 189 Å². The molecule has 9 atom stereocenters. The lowest BCUT2D eigenvalue weighted by atomic mass is 9.98. The van der Waals surface area contributed by atoms with Crippen LogP contribution in [0, 0.1) is 0 Å². The Bertz CT molecular complexity index is 1050. The van der Waals surface area contributed by atoms with Gasteiger partial charge in [-0.2, -0.15) is 0 Å². The molecule has 0 bridgehead atoms. The molecule has 0 spiro atoms. The summed E-state index contributed by atoms with van der Waals surface area (Å²) in [4.78, 5) is 13.1. The van der Waals surface area contributed by atoms with Gasteiger partial charge < -0.3 is 50.5 Å². The Hall–Kier alpha value is -1.15. The average molecular weight is 914 g/mol. The smallest absolute Gasteiger partial charge is 0.249 e. The number of hydrogen-bond donors (Lipinski definition) is 8. The van der Waals surface area contributed by atoms with Crippen LogP contribution in [0.25, 0.3) is 0 Å². The van der Waals surface area contributed by atoms with Gasteiger partial charge in [0.05, 0.1) is 25.4 Å². The number of ether oxygens (including phenoxy) is 2. The third-order valence-corrected chi connectivity index (χ3v) is 13.3. The molecule has 0 aromatic heterocycles.